The third-order valence-corrected chi connectivity index (χ3v) is 5.12. The van der Waals surface area contributed by atoms with Gasteiger partial charge >= 0.3 is 0 Å². The fraction of sp³-hybridized carbons (Fsp3) is 0.333. The standard InChI is InChI=1S/C21H24FN3O2S/c1-14(2)19-21(28-17-8-5-6-15(22)12-17)25-20(24-19)18(27-11-10-26)13-16-7-3-4-9-23-16/h3-9,12,14,18,26H,10-11,13H2,1-2H3,(H,24,25). The lowest BCUT2D eigenvalue weighted by molar-refractivity contribution is 0.0229. The van der Waals surface area contributed by atoms with E-state index in [1.54, 1.807) is 12.3 Å². The Balaban J connectivity index is 1.89. The zero-order chi connectivity index (χ0) is 19.9. The predicted molar refractivity (Wildman–Crippen MR) is 107 cm³/mol. The summed E-state index contributed by atoms with van der Waals surface area (Å²) in [4.78, 5) is 13.3. The molecule has 148 valence electrons. The normalized spacial score (nSPS) is 12.5. The van der Waals surface area contributed by atoms with Crippen LogP contribution in [-0.4, -0.2) is 33.3 Å². The highest BCUT2D eigenvalue weighted by molar-refractivity contribution is 7.99. The summed E-state index contributed by atoms with van der Waals surface area (Å²) in [5.41, 5.74) is 1.79. The molecule has 1 aromatic carbocycles. The minimum Gasteiger partial charge on any atom is -0.394 e. The fourth-order valence-corrected chi connectivity index (χ4v) is 3.89. The zero-order valence-electron chi connectivity index (χ0n) is 15.9. The Morgan fingerprint density at radius 3 is 2.75 bits per heavy atom. The molecule has 0 radical (unpaired) electrons. The van der Waals surface area contributed by atoms with Gasteiger partial charge in [0.25, 0.3) is 0 Å². The van der Waals surface area contributed by atoms with Crippen LogP contribution in [0.4, 0.5) is 4.39 Å². The van der Waals surface area contributed by atoms with Gasteiger partial charge in [-0.25, -0.2) is 9.37 Å². The number of pyridine rings is 1. The number of benzene rings is 1. The van der Waals surface area contributed by atoms with E-state index in [-0.39, 0.29) is 31.1 Å². The molecule has 2 heterocycles. The van der Waals surface area contributed by atoms with Crippen LogP contribution in [0.3, 0.4) is 0 Å². The molecule has 0 fully saturated rings. The van der Waals surface area contributed by atoms with Crippen molar-refractivity contribution in [2.45, 2.75) is 42.2 Å². The van der Waals surface area contributed by atoms with Crippen LogP contribution >= 0.6 is 11.8 Å². The van der Waals surface area contributed by atoms with Crippen LogP contribution in [0, 0.1) is 5.82 Å². The van der Waals surface area contributed by atoms with Gasteiger partial charge in [0.1, 0.15) is 22.8 Å². The molecule has 1 atom stereocenters. The van der Waals surface area contributed by atoms with E-state index in [0.29, 0.717) is 12.2 Å². The molecule has 0 aliphatic heterocycles. The van der Waals surface area contributed by atoms with Crippen LogP contribution in [0.5, 0.6) is 0 Å². The second kappa shape index (κ2) is 9.82. The summed E-state index contributed by atoms with van der Waals surface area (Å²) in [5, 5.41) is 10.1. The lowest BCUT2D eigenvalue weighted by atomic mass is 10.1. The van der Waals surface area contributed by atoms with E-state index in [1.165, 1.54) is 23.9 Å². The van der Waals surface area contributed by atoms with Gasteiger partial charge in [-0.15, -0.1) is 0 Å². The molecular formula is C21H24FN3O2S. The highest BCUT2D eigenvalue weighted by Gasteiger charge is 2.22. The van der Waals surface area contributed by atoms with Crippen molar-refractivity contribution in [1.29, 1.82) is 0 Å². The van der Waals surface area contributed by atoms with Crippen LogP contribution in [0.1, 0.15) is 43.1 Å². The van der Waals surface area contributed by atoms with Gasteiger partial charge in [0.05, 0.1) is 18.9 Å². The van der Waals surface area contributed by atoms with Gasteiger partial charge in [-0.3, -0.25) is 4.98 Å². The summed E-state index contributed by atoms with van der Waals surface area (Å²) in [6, 6.07) is 12.2. The Kier molecular flexibility index (Phi) is 7.19. The van der Waals surface area contributed by atoms with Crippen LogP contribution in [0.2, 0.25) is 0 Å². The average Bonchev–Trinajstić information content (AvgIpc) is 3.10. The SMILES string of the molecule is CC(C)c1nc(C(Cc2ccccn2)OCCO)[nH]c1Sc1cccc(F)c1. The lowest BCUT2D eigenvalue weighted by Crippen LogP contribution is -2.13. The van der Waals surface area contributed by atoms with Crippen LogP contribution in [-0.2, 0) is 11.2 Å². The number of aromatic amines is 1. The number of aliphatic hydroxyl groups excluding tert-OH is 1. The van der Waals surface area contributed by atoms with Gasteiger partial charge in [-0.1, -0.05) is 37.7 Å². The molecule has 5 nitrogen and oxygen atoms in total. The topological polar surface area (TPSA) is 71.0 Å². The van der Waals surface area contributed by atoms with Crippen molar-refractivity contribution in [1.82, 2.24) is 15.0 Å². The number of H-pyrrole nitrogens is 1. The Labute approximate surface area is 168 Å². The first kappa shape index (κ1) is 20.5. The monoisotopic (exact) mass is 401 g/mol. The molecule has 0 saturated heterocycles. The van der Waals surface area contributed by atoms with Crippen molar-refractivity contribution in [2.75, 3.05) is 13.2 Å². The third-order valence-electron chi connectivity index (χ3n) is 4.11. The highest BCUT2D eigenvalue weighted by Crippen LogP contribution is 2.34. The molecule has 2 N–H and O–H groups in total. The van der Waals surface area contributed by atoms with E-state index in [4.69, 9.17) is 9.72 Å². The molecule has 0 amide bonds. The number of nitrogens with zero attached hydrogens (tertiary/aromatic N) is 2. The second-order valence-corrected chi connectivity index (χ2v) is 7.74. The maximum absolute atomic E-state index is 13.6. The van der Waals surface area contributed by atoms with Crippen molar-refractivity contribution in [3.63, 3.8) is 0 Å². The van der Waals surface area contributed by atoms with E-state index in [9.17, 15) is 9.50 Å². The largest absolute Gasteiger partial charge is 0.394 e. The summed E-state index contributed by atoms with van der Waals surface area (Å²) in [6.07, 6.45) is 1.92. The van der Waals surface area contributed by atoms with Gasteiger partial charge in [0.15, 0.2) is 0 Å². The maximum atomic E-state index is 13.6. The number of hydrogen-bond donors (Lipinski definition) is 2. The molecule has 0 bridgehead atoms. The molecule has 0 saturated carbocycles. The quantitative estimate of drug-likeness (QED) is 0.552. The third kappa shape index (κ3) is 5.41. The minimum atomic E-state index is -0.360. The van der Waals surface area contributed by atoms with E-state index in [1.807, 2.05) is 24.3 Å². The second-order valence-electron chi connectivity index (χ2n) is 6.66. The molecule has 3 rings (SSSR count). The van der Waals surface area contributed by atoms with Crippen molar-refractivity contribution >= 4 is 11.8 Å². The minimum absolute atomic E-state index is 0.0681. The van der Waals surface area contributed by atoms with Crippen molar-refractivity contribution in [3.8, 4) is 0 Å². The van der Waals surface area contributed by atoms with E-state index in [0.717, 1.165) is 21.3 Å². The molecule has 28 heavy (non-hydrogen) atoms. The summed E-state index contributed by atoms with van der Waals surface area (Å²) in [5.74, 6) is 0.603. The summed E-state index contributed by atoms with van der Waals surface area (Å²) in [7, 11) is 0. The Hall–Kier alpha value is -2.22. The van der Waals surface area contributed by atoms with Crippen molar-refractivity contribution in [3.05, 3.63) is 71.7 Å². The summed E-state index contributed by atoms with van der Waals surface area (Å²) >= 11 is 1.45. The fourth-order valence-electron chi connectivity index (χ4n) is 2.80. The predicted octanol–water partition coefficient (Wildman–Crippen LogP) is 4.51. The number of rotatable bonds is 9. The molecule has 0 aliphatic rings. The average molecular weight is 402 g/mol. The van der Waals surface area contributed by atoms with Gasteiger partial charge in [-0.05, 0) is 36.2 Å². The molecule has 1 unspecified atom stereocenters. The van der Waals surface area contributed by atoms with E-state index in [2.05, 4.69) is 23.8 Å². The first-order chi connectivity index (χ1) is 13.6. The van der Waals surface area contributed by atoms with E-state index < -0.39 is 0 Å². The zero-order valence-corrected chi connectivity index (χ0v) is 16.7. The van der Waals surface area contributed by atoms with Crippen LogP contribution in [0.25, 0.3) is 0 Å². The van der Waals surface area contributed by atoms with Gasteiger partial charge < -0.3 is 14.8 Å². The first-order valence-electron chi connectivity index (χ1n) is 9.22. The van der Waals surface area contributed by atoms with Crippen molar-refractivity contribution < 1.29 is 14.2 Å². The molecule has 0 spiro atoms. The molecule has 3 aromatic rings. The molecular weight excluding hydrogens is 377 g/mol. The highest BCUT2D eigenvalue weighted by atomic mass is 32.2. The van der Waals surface area contributed by atoms with Crippen LogP contribution < -0.4 is 0 Å². The Morgan fingerprint density at radius 2 is 2.07 bits per heavy atom. The maximum Gasteiger partial charge on any atom is 0.136 e. The number of hydrogen-bond acceptors (Lipinski definition) is 5. The van der Waals surface area contributed by atoms with Gasteiger partial charge in [0, 0.05) is 23.2 Å². The molecule has 7 heteroatoms. The number of ether oxygens (including phenoxy) is 1. The summed E-state index contributed by atoms with van der Waals surface area (Å²) < 4.78 is 19.4. The Bertz CT molecular complexity index is 886. The number of halogens is 1. The summed E-state index contributed by atoms with van der Waals surface area (Å²) in [6.45, 7) is 4.28. The number of nitrogens with one attached hydrogen (secondary N) is 1. The van der Waals surface area contributed by atoms with Crippen LogP contribution in [0.15, 0.2) is 58.6 Å². The lowest BCUT2D eigenvalue weighted by Gasteiger charge is -2.15. The number of imidazole rings is 1. The van der Waals surface area contributed by atoms with Gasteiger partial charge in [-0.2, -0.15) is 0 Å². The van der Waals surface area contributed by atoms with E-state index >= 15 is 0 Å². The first-order valence-corrected chi connectivity index (χ1v) is 10.0. The number of aromatic nitrogens is 3. The van der Waals surface area contributed by atoms with Crippen molar-refractivity contribution in [2.24, 2.45) is 0 Å². The van der Waals surface area contributed by atoms with Gasteiger partial charge in [0.2, 0.25) is 0 Å². The molecule has 2 aromatic heterocycles. The number of aliphatic hydroxyl groups is 1. The Morgan fingerprint density at radius 1 is 1.21 bits per heavy atom. The smallest absolute Gasteiger partial charge is 0.136 e. The molecule has 0 aliphatic carbocycles.